The highest BCUT2D eigenvalue weighted by atomic mass is 35.5. The summed E-state index contributed by atoms with van der Waals surface area (Å²) in [5.41, 5.74) is 3.10. The van der Waals surface area contributed by atoms with E-state index in [1.165, 1.54) is 6.20 Å². The highest BCUT2D eigenvalue weighted by Crippen LogP contribution is 2.13. The third-order valence-electron chi connectivity index (χ3n) is 1.86. The zero-order valence-corrected chi connectivity index (χ0v) is 7.82. The van der Waals surface area contributed by atoms with E-state index in [2.05, 4.69) is 4.98 Å². The van der Waals surface area contributed by atoms with Gasteiger partial charge in [0.1, 0.15) is 10.8 Å². The molecule has 0 aliphatic heterocycles. The Labute approximate surface area is 84.5 Å². The Balaban J connectivity index is 2.57. The molecule has 0 bridgehead atoms. The maximum atomic E-state index is 11.2. The number of nitrogens with one attached hydrogen (secondary N) is 1. The number of pyridine rings is 1. The highest BCUT2D eigenvalue weighted by molar-refractivity contribution is 6.29. The summed E-state index contributed by atoms with van der Waals surface area (Å²) in [7, 11) is 0. The summed E-state index contributed by atoms with van der Waals surface area (Å²) in [5.74, 6) is 4.65. The van der Waals surface area contributed by atoms with Crippen molar-refractivity contribution in [3.05, 3.63) is 35.2 Å². The molecular weight excluding hydrogens is 204 g/mol. The number of nitrogen functional groups attached to an aromatic ring is 1. The van der Waals surface area contributed by atoms with E-state index in [0.717, 1.165) is 0 Å². The van der Waals surface area contributed by atoms with Crippen LogP contribution in [0.2, 0.25) is 5.15 Å². The van der Waals surface area contributed by atoms with Crippen LogP contribution in [-0.2, 0) is 0 Å². The molecule has 0 aromatic carbocycles. The second-order valence-corrected chi connectivity index (χ2v) is 3.09. The second-order valence-electron chi connectivity index (χ2n) is 2.70. The van der Waals surface area contributed by atoms with Gasteiger partial charge in [-0.15, -0.1) is 0 Å². The predicted octanol–water partition coefficient (Wildman–Crippen LogP) is 0.591. The minimum atomic E-state index is -0.355. The Hall–Kier alpha value is -1.59. The molecule has 2 heterocycles. The lowest BCUT2D eigenvalue weighted by molar-refractivity contribution is 0.0953. The average Bonchev–Trinajstić information content (AvgIpc) is 2.59. The Morgan fingerprint density at radius 2 is 2.43 bits per heavy atom. The van der Waals surface area contributed by atoms with Crippen LogP contribution in [0.1, 0.15) is 10.4 Å². The smallest absolute Gasteiger partial charge is 0.265 e. The predicted molar refractivity (Wildman–Crippen MR) is 51.9 cm³/mol. The molecule has 72 valence electrons. The summed E-state index contributed by atoms with van der Waals surface area (Å²) in [6, 6.07) is 3.22. The van der Waals surface area contributed by atoms with E-state index >= 15 is 0 Å². The van der Waals surface area contributed by atoms with Gasteiger partial charge in [0.25, 0.3) is 5.91 Å². The van der Waals surface area contributed by atoms with E-state index in [1.807, 2.05) is 5.43 Å². The molecule has 0 aliphatic carbocycles. The van der Waals surface area contributed by atoms with Gasteiger partial charge in [0.15, 0.2) is 0 Å². The van der Waals surface area contributed by atoms with Crippen molar-refractivity contribution in [3.8, 4) is 0 Å². The number of aromatic nitrogens is 2. The van der Waals surface area contributed by atoms with Crippen LogP contribution in [0.15, 0.2) is 24.5 Å². The Morgan fingerprint density at radius 3 is 3.14 bits per heavy atom. The molecule has 1 amide bonds. The number of fused-ring (bicyclic) bond motifs is 1. The minimum Gasteiger partial charge on any atom is -0.291 e. The van der Waals surface area contributed by atoms with Crippen molar-refractivity contribution in [2.75, 3.05) is 0 Å². The van der Waals surface area contributed by atoms with Crippen molar-refractivity contribution in [1.29, 1.82) is 0 Å². The lowest BCUT2D eigenvalue weighted by Gasteiger charge is -2.00. The fourth-order valence-corrected chi connectivity index (χ4v) is 1.37. The SMILES string of the molecule is NNC(=O)c1ccn2c(Cl)cnc2c1. The molecule has 0 radical (unpaired) electrons. The van der Waals surface area contributed by atoms with Crippen molar-refractivity contribution in [2.45, 2.75) is 0 Å². The molecule has 2 aromatic rings. The fourth-order valence-electron chi connectivity index (χ4n) is 1.17. The zero-order valence-electron chi connectivity index (χ0n) is 7.07. The van der Waals surface area contributed by atoms with Crippen LogP contribution in [0.4, 0.5) is 0 Å². The third kappa shape index (κ3) is 1.32. The van der Waals surface area contributed by atoms with E-state index in [4.69, 9.17) is 17.4 Å². The van der Waals surface area contributed by atoms with Gasteiger partial charge in [-0.05, 0) is 12.1 Å². The van der Waals surface area contributed by atoms with Crippen LogP contribution in [0.25, 0.3) is 5.65 Å². The molecule has 2 rings (SSSR count). The van der Waals surface area contributed by atoms with Gasteiger partial charge < -0.3 is 0 Å². The average molecular weight is 211 g/mol. The number of halogens is 1. The summed E-state index contributed by atoms with van der Waals surface area (Å²) in [5, 5.41) is 0.500. The number of hydrazine groups is 1. The lowest BCUT2D eigenvalue weighted by atomic mass is 10.2. The molecule has 0 spiro atoms. The van der Waals surface area contributed by atoms with Gasteiger partial charge in [-0.2, -0.15) is 0 Å². The fraction of sp³-hybridized carbons (Fsp3) is 0. The van der Waals surface area contributed by atoms with Crippen molar-refractivity contribution >= 4 is 23.2 Å². The number of amides is 1. The van der Waals surface area contributed by atoms with E-state index in [-0.39, 0.29) is 5.91 Å². The van der Waals surface area contributed by atoms with Crippen LogP contribution >= 0.6 is 11.6 Å². The quantitative estimate of drug-likeness (QED) is 0.411. The highest BCUT2D eigenvalue weighted by Gasteiger charge is 2.06. The number of carbonyl (C=O) groups excluding carboxylic acids is 1. The van der Waals surface area contributed by atoms with Gasteiger partial charge in [0, 0.05) is 11.8 Å². The van der Waals surface area contributed by atoms with Gasteiger partial charge in [-0.1, -0.05) is 11.6 Å². The summed E-state index contributed by atoms with van der Waals surface area (Å²) in [6.45, 7) is 0. The molecular formula is C8H7ClN4O. The maximum Gasteiger partial charge on any atom is 0.265 e. The number of carbonyl (C=O) groups is 1. The molecule has 0 atom stereocenters. The van der Waals surface area contributed by atoms with E-state index in [9.17, 15) is 4.79 Å². The molecule has 0 fully saturated rings. The van der Waals surface area contributed by atoms with E-state index in [1.54, 1.807) is 22.7 Å². The number of nitrogens with two attached hydrogens (primary N) is 1. The molecule has 6 heteroatoms. The Morgan fingerprint density at radius 1 is 1.64 bits per heavy atom. The molecule has 14 heavy (non-hydrogen) atoms. The molecule has 0 saturated carbocycles. The topological polar surface area (TPSA) is 72.4 Å². The number of rotatable bonds is 1. The van der Waals surface area contributed by atoms with Crippen LogP contribution < -0.4 is 11.3 Å². The molecule has 2 aromatic heterocycles. The van der Waals surface area contributed by atoms with Crippen LogP contribution in [0.3, 0.4) is 0 Å². The molecule has 3 N–H and O–H groups in total. The third-order valence-corrected chi connectivity index (χ3v) is 2.14. The molecule has 0 aliphatic rings. The first-order valence-corrected chi connectivity index (χ1v) is 4.23. The first-order valence-electron chi connectivity index (χ1n) is 3.86. The van der Waals surface area contributed by atoms with Crippen molar-refractivity contribution in [1.82, 2.24) is 14.8 Å². The number of nitrogens with zero attached hydrogens (tertiary/aromatic N) is 2. The minimum absolute atomic E-state index is 0.355. The van der Waals surface area contributed by atoms with E-state index in [0.29, 0.717) is 16.4 Å². The molecule has 0 saturated heterocycles. The number of hydrogen-bond acceptors (Lipinski definition) is 3. The first-order chi connectivity index (χ1) is 6.72. The van der Waals surface area contributed by atoms with Crippen molar-refractivity contribution < 1.29 is 4.79 Å². The normalized spacial score (nSPS) is 10.4. The van der Waals surface area contributed by atoms with Gasteiger partial charge in [-0.3, -0.25) is 14.6 Å². The van der Waals surface area contributed by atoms with Gasteiger partial charge in [0.2, 0.25) is 0 Å². The van der Waals surface area contributed by atoms with E-state index < -0.39 is 0 Å². The molecule has 0 unspecified atom stereocenters. The zero-order chi connectivity index (χ0) is 10.1. The lowest BCUT2D eigenvalue weighted by Crippen LogP contribution is -2.29. The Kier molecular flexibility index (Phi) is 2.11. The summed E-state index contributed by atoms with van der Waals surface area (Å²) in [4.78, 5) is 15.2. The van der Waals surface area contributed by atoms with Crippen LogP contribution in [0, 0.1) is 0 Å². The largest absolute Gasteiger partial charge is 0.291 e. The number of hydrogen-bond donors (Lipinski definition) is 2. The van der Waals surface area contributed by atoms with Gasteiger partial charge >= 0.3 is 0 Å². The van der Waals surface area contributed by atoms with Crippen LogP contribution in [0.5, 0.6) is 0 Å². The second kappa shape index (κ2) is 3.28. The van der Waals surface area contributed by atoms with Gasteiger partial charge in [0.05, 0.1) is 6.20 Å². The van der Waals surface area contributed by atoms with Crippen molar-refractivity contribution in [3.63, 3.8) is 0 Å². The first kappa shape index (κ1) is 8.98. The summed E-state index contributed by atoms with van der Waals surface area (Å²) in [6.07, 6.45) is 3.18. The van der Waals surface area contributed by atoms with Crippen molar-refractivity contribution in [2.24, 2.45) is 5.84 Å². The standard InChI is InChI=1S/C8H7ClN4O/c9-6-4-11-7-3-5(8(14)12-10)1-2-13(6)7/h1-4H,10H2,(H,12,14). The van der Waals surface area contributed by atoms with Crippen LogP contribution in [-0.4, -0.2) is 15.3 Å². The molecule has 5 nitrogen and oxygen atoms in total. The summed E-state index contributed by atoms with van der Waals surface area (Å²) >= 11 is 5.81. The maximum absolute atomic E-state index is 11.2. The summed E-state index contributed by atoms with van der Waals surface area (Å²) < 4.78 is 1.66. The Bertz CT molecular complexity index is 493. The number of imidazole rings is 1. The van der Waals surface area contributed by atoms with Gasteiger partial charge in [-0.25, -0.2) is 10.8 Å². The monoisotopic (exact) mass is 210 g/mol.